The number of β-amino-alcohol motifs (C(OH)–C–C–N with tert-alkyl or cyclic N) is 1. The zero-order valence-electron chi connectivity index (χ0n) is 22.5. The standard InChI is InChI=1S/C28H31ClF3N3O7/c29-18-1-4-23-17(11-18)13-27(42-23)6-9-34(10-7-27)14-20(37)16-40-24-12-19(36)2-3-22(24)33-26(39)35-8-5-21(15-35)41-25(38)28(30,31)32/h1-4,11-12,20-21,36-37H,5-10,13-16H2,(H,33,39)/t20-,21-/m0/s1. The van der Waals surface area contributed by atoms with E-state index < -0.39 is 30.4 Å². The fourth-order valence-electron chi connectivity index (χ4n) is 5.52. The first-order valence-electron chi connectivity index (χ1n) is 13.6. The van der Waals surface area contributed by atoms with E-state index in [-0.39, 0.29) is 48.9 Å². The van der Waals surface area contributed by atoms with Gasteiger partial charge in [0.1, 0.15) is 41.7 Å². The zero-order valence-corrected chi connectivity index (χ0v) is 23.3. The first-order chi connectivity index (χ1) is 19.9. The minimum Gasteiger partial charge on any atom is -0.508 e. The second-order valence-corrected chi connectivity index (χ2v) is 11.3. The number of esters is 1. The fraction of sp³-hybridized carbons (Fsp3) is 0.500. The highest BCUT2D eigenvalue weighted by atomic mass is 35.5. The number of ether oxygens (including phenoxy) is 3. The molecule has 0 bridgehead atoms. The number of urea groups is 1. The summed E-state index contributed by atoms with van der Waals surface area (Å²) in [4.78, 5) is 27.2. The third-order valence-corrected chi connectivity index (χ3v) is 7.91. The van der Waals surface area contributed by atoms with Gasteiger partial charge in [0, 0.05) is 63.0 Å². The summed E-state index contributed by atoms with van der Waals surface area (Å²) in [6.07, 6.45) is -4.61. The maximum Gasteiger partial charge on any atom is 0.490 e. The van der Waals surface area contributed by atoms with Gasteiger partial charge in [-0.15, -0.1) is 0 Å². The van der Waals surface area contributed by atoms with Crippen molar-refractivity contribution in [2.24, 2.45) is 0 Å². The number of phenolic OH excluding ortho intramolecular Hbond substituents is 1. The van der Waals surface area contributed by atoms with Gasteiger partial charge in [0.2, 0.25) is 0 Å². The number of nitrogens with one attached hydrogen (secondary N) is 1. The number of hydrogen-bond acceptors (Lipinski definition) is 8. The molecule has 2 amide bonds. The molecular formula is C28H31ClF3N3O7. The lowest BCUT2D eigenvalue weighted by atomic mass is 9.87. The molecule has 0 unspecified atom stereocenters. The summed E-state index contributed by atoms with van der Waals surface area (Å²) in [6.45, 7) is 1.55. The number of amides is 2. The van der Waals surface area contributed by atoms with Gasteiger partial charge in [-0.05, 0) is 35.9 Å². The van der Waals surface area contributed by atoms with Crippen LogP contribution in [-0.4, -0.2) is 95.3 Å². The van der Waals surface area contributed by atoms with Crippen LogP contribution in [0.5, 0.6) is 17.2 Å². The van der Waals surface area contributed by atoms with Gasteiger partial charge in [-0.25, -0.2) is 9.59 Å². The number of carbonyl (C=O) groups is 2. The van der Waals surface area contributed by atoms with E-state index in [0.29, 0.717) is 11.6 Å². The smallest absolute Gasteiger partial charge is 0.490 e. The van der Waals surface area contributed by atoms with Crippen LogP contribution < -0.4 is 14.8 Å². The van der Waals surface area contributed by atoms with E-state index in [2.05, 4.69) is 15.0 Å². The molecule has 1 spiro atoms. The number of benzene rings is 2. The summed E-state index contributed by atoms with van der Waals surface area (Å²) in [5.74, 6) is -1.45. The number of aliphatic hydroxyl groups is 1. The first kappa shape index (κ1) is 30.1. The van der Waals surface area contributed by atoms with Crippen LogP contribution in [0.1, 0.15) is 24.8 Å². The Balaban J connectivity index is 1.09. The Morgan fingerprint density at radius 3 is 2.67 bits per heavy atom. The van der Waals surface area contributed by atoms with Crippen molar-refractivity contribution in [2.75, 3.05) is 44.6 Å². The minimum absolute atomic E-state index is 0.0609. The lowest BCUT2D eigenvalue weighted by Gasteiger charge is -2.39. The summed E-state index contributed by atoms with van der Waals surface area (Å²) >= 11 is 6.12. The van der Waals surface area contributed by atoms with Crippen molar-refractivity contribution in [1.29, 1.82) is 0 Å². The molecule has 3 N–H and O–H groups in total. The Hall–Kier alpha value is -3.42. The number of phenols is 1. The third kappa shape index (κ3) is 7.13. The molecule has 2 aromatic rings. The van der Waals surface area contributed by atoms with Gasteiger partial charge in [-0.2, -0.15) is 13.2 Å². The number of alkyl halides is 3. The van der Waals surface area contributed by atoms with Crippen LogP contribution in [0, 0.1) is 0 Å². The number of carbonyl (C=O) groups excluding carboxylic acids is 2. The van der Waals surface area contributed by atoms with Crippen LogP contribution in [0.15, 0.2) is 36.4 Å². The Morgan fingerprint density at radius 2 is 1.93 bits per heavy atom. The Morgan fingerprint density at radius 1 is 1.17 bits per heavy atom. The molecule has 5 rings (SSSR count). The molecule has 0 aliphatic carbocycles. The van der Waals surface area contributed by atoms with E-state index in [4.69, 9.17) is 21.1 Å². The Kier molecular flexibility index (Phi) is 8.63. The number of halogens is 4. The predicted octanol–water partition coefficient (Wildman–Crippen LogP) is 3.97. The van der Waals surface area contributed by atoms with Crippen LogP contribution in [0.4, 0.5) is 23.7 Å². The van der Waals surface area contributed by atoms with Crippen molar-refractivity contribution in [3.63, 3.8) is 0 Å². The fourth-order valence-corrected chi connectivity index (χ4v) is 5.71. The number of rotatable bonds is 7. The van der Waals surface area contributed by atoms with E-state index in [0.717, 1.165) is 43.7 Å². The zero-order chi connectivity index (χ0) is 30.1. The van der Waals surface area contributed by atoms with Crippen molar-refractivity contribution in [1.82, 2.24) is 9.80 Å². The number of nitrogens with zero attached hydrogens (tertiary/aromatic N) is 2. The second kappa shape index (κ2) is 12.1. The van der Waals surface area contributed by atoms with Crippen molar-refractivity contribution >= 4 is 29.3 Å². The predicted molar refractivity (Wildman–Crippen MR) is 145 cm³/mol. The molecule has 0 saturated carbocycles. The quantitative estimate of drug-likeness (QED) is 0.317. The van der Waals surface area contributed by atoms with Crippen molar-refractivity contribution < 1.29 is 47.2 Å². The second-order valence-electron chi connectivity index (χ2n) is 10.8. The molecular weight excluding hydrogens is 583 g/mol. The van der Waals surface area contributed by atoms with E-state index in [1.54, 1.807) is 0 Å². The normalized spacial score (nSPS) is 20.6. The van der Waals surface area contributed by atoms with Gasteiger partial charge >= 0.3 is 18.2 Å². The lowest BCUT2D eigenvalue weighted by Crippen LogP contribution is -2.49. The van der Waals surface area contributed by atoms with Gasteiger partial charge in [-0.3, -0.25) is 0 Å². The number of fused-ring (bicyclic) bond motifs is 1. The SMILES string of the molecule is O=C(Nc1ccc(O)cc1OC[C@@H](O)CN1CCC2(CC1)Cc1cc(Cl)ccc1O2)N1CC[C@H](OC(=O)C(F)(F)F)C1. The number of aromatic hydroxyl groups is 1. The van der Waals surface area contributed by atoms with Crippen LogP contribution in [-0.2, 0) is 16.0 Å². The molecule has 0 radical (unpaired) electrons. The summed E-state index contributed by atoms with van der Waals surface area (Å²) < 4.78 is 53.9. The number of piperidine rings is 1. The van der Waals surface area contributed by atoms with Crippen molar-refractivity contribution in [3.8, 4) is 17.2 Å². The van der Waals surface area contributed by atoms with Crippen LogP contribution in [0.2, 0.25) is 5.02 Å². The molecule has 14 heteroatoms. The highest BCUT2D eigenvalue weighted by molar-refractivity contribution is 6.30. The Bertz CT molecular complexity index is 1320. The van der Waals surface area contributed by atoms with E-state index >= 15 is 0 Å². The third-order valence-electron chi connectivity index (χ3n) is 7.67. The van der Waals surface area contributed by atoms with E-state index in [9.17, 15) is 33.0 Å². The van der Waals surface area contributed by atoms with Gasteiger partial charge < -0.3 is 39.5 Å². The number of anilines is 1. The van der Waals surface area contributed by atoms with Gasteiger partial charge in [-0.1, -0.05) is 11.6 Å². The first-order valence-corrected chi connectivity index (χ1v) is 13.9. The molecule has 42 heavy (non-hydrogen) atoms. The molecule has 2 fully saturated rings. The van der Waals surface area contributed by atoms with Crippen LogP contribution in [0.25, 0.3) is 0 Å². The molecule has 228 valence electrons. The molecule has 2 aromatic carbocycles. The number of hydrogen-bond donors (Lipinski definition) is 3. The van der Waals surface area contributed by atoms with E-state index in [1.165, 1.54) is 23.1 Å². The number of likely N-dealkylation sites (tertiary alicyclic amines) is 2. The minimum atomic E-state index is -5.11. The van der Waals surface area contributed by atoms with Crippen molar-refractivity contribution in [2.45, 2.75) is 49.7 Å². The van der Waals surface area contributed by atoms with E-state index in [1.807, 2.05) is 18.2 Å². The van der Waals surface area contributed by atoms with Crippen LogP contribution in [0.3, 0.4) is 0 Å². The molecule has 2 saturated heterocycles. The highest BCUT2D eigenvalue weighted by Gasteiger charge is 2.44. The molecule has 3 aliphatic rings. The maximum absolute atomic E-state index is 12.7. The average molecular weight is 614 g/mol. The molecule has 3 aliphatic heterocycles. The lowest BCUT2D eigenvalue weighted by molar-refractivity contribution is -0.204. The molecule has 0 aromatic heterocycles. The van der Waals surface area contributed by atoms with Gasteiger partial charge in [0.05, 0.1) is 12.2 Å². The molecule has 2 atom stereocenters. The topological polar surface area (TPSA) is 121 Å². The van der Waals surface area contributed by atoms with Crippen molar-refractivity contribution in [3.05, 3.63) is 47.0 Å². The summed E-state index contributed by atoms with van der Waals surface area (Å²) in [7, 11) is 0. The monoisotopic (exact) mass is 613 g/mol. The molecule has 3 heterocycles. The molecule has 10 nitrogen and oxygen atoms in total. The summed E-state index contributed by atoms with van der Waals surface area (Å²) in [5.41, 5.74) is 1.03. The largest absolute Gasteiger partial charge is 0.508 e. The van der Waals surface area contributed by atoms with Gasteiger partial charge in [0.25, 0.3) is 0 Å². The highest BCUT2D eigenvalue weighted by Crippen LogP contribution is 2.42. The van der Waals surface area contributed by atoms with Gasteiger partial charge in [0.15, 0.2) is 0 Å². The summed E-state index contributed by atoms with van der Waals surface area (Å²) in [5, 5.41) is 23.9. The number of aliphatic hydroxyl groups excluding tert-OH is 1. The Labute approximate surface area is 244 Å². The maximum atomic E-state index is 12.7. The summed E-state index contributed by atoms with van der Waals surface area (Å²) in [6, 6.07) is 9.03. The average Bonchev–Trinajstić information content (AvgIpc) is 3.54. The van der Waals surface area contributed by atoms with Crippen LogP contribution >= 0.6 is 11.6 Å².